The molecular weight excluding hydrogens is 347 g/mol. The van der Waals surface area contributed by atoms with Gasteiger partial charge in [0.15, 0.2) is 0 Å². The van der Waals surface area contributed by atoms with E-state index in [1.807, 2.05) is 27.7 Å². The van der Waals surface area contributed by atoms with Crippen molar-refractivity contribution in [3.63, 3.8) is 0 Å². The molecule has 0 saturated heterocycles. The van der Waals surface area contributed by atoms with Crippen molar-refractivity contribution < 1.29 is 18.0 Å². The first-order valence-corrected chi connectivity index (χ1v) is 7.29. The maximum atomic E-state index is 13.1. The van der Waals surface area contributed by atoms with Crippen LogP contribution in [0, 0.1) is 5.41 Å². The highest BCUT2D eigenvalue weighted by Crippen LogP contribution is 2.35. The average molecular weight is 366 g/mol. The predicted molar refractivity (Wildman–Crippen MR) is 80.2 cm³/mol. The fourth-order valence-electron chi connectivity index (χ4n) is 1.88. The minimum absolute atomic E-state index is 0.199. The average Bonchev–Trinajstić information content (AvgIpc) is 2.34. The van der Waals surface area contributed by atoms with Gasteiger partial charge in [-0.2, -0.15) is 13.2 Å². The number of benzene rings is 1. The van der Waals surface area contributed by atoms with Crippen molar-refractivity contribution in [3.8, 4) is 0 Å². The van der Waals surface area contributed by atoms with Gasteiger partial charge in [0.2, 0.25) is 0 Å². The highest BCUT2D eigenvalue weighted by molar-refractivity contribution is 9.10. The van der Waals surface area contributed by atoms with Crippen molar-refractivity contribution in [3.05, 3.63) is 33.8 Å². The molecule has 0 aliphatic carbocycles. The van der Waals surface area contributed by atoms with E-state index in [-0.39, 0.29) is 21.5 Å². The molecule has 0 spiro atoms. The van der Waals surface area contributed by atoms with E-state index >= 15 is 0 Å². The number of nitrogens with zero attached hydrogens (tertiary/aromatic N) is 1. The molecule has 0 fully saturated rings. The molecule has 1 aromatic rings. The summed E-state index contributed by atoms with van der Waals surface area (Å²) >= 11 is 3.01. The number of carbonyl (C=O) groups is 1. The first-order chi connectivity index (χ1) is 9.35. The van der Waals surface area contributed by atoms with Gasteiger partial charge in [0.1, 0.15) is 0 Å². The van der Waals surface area contributed by atoms with E-state index in [2.05, 4.69) is 15.9 Å². The number of alkyl halides is 3. The number of halogens is 4. The largest absolute Gasteiger partial charge is 0.417 e. The maximum Gasteiger partial charge on any atom is 0.417 e. The summed E-state index contributed by atoms with van der Waals surface area (Å²) in [6, 6.07) is 3.39. The van der Waals surface area contributed by atoms with Crippen LogP contribution in [0.25, 0.3) is 0 Å². The van der Waals surface area contributed by atoms with E-state index in [1.54, 1.807) is 0 Å². The molecule has 118 valence electrons. The summed E-state index contributed by atoms with van der Waals surface area (Å²) in [5, 5.41) is 0. The molecule has 0 heterocycles. The van der Waals surface area contributed by atoms with Crippen LogP contribution in [0.3, 0.4) is 0 Å². The maximum absolute atomic E-state index is 13.1. The quantitative estimate of drug-likeness (QED) is 0.723. The van der Waals surface area contributed by atoms with Crippen LogP contribution in [0.15, 0.2) is 22.7 Å². The minimum Gasteiger partial charge on any atom is -0.338 e. The van der Waals surface area contributed by atoms with Gasteiger partial charge in [-0.3, -0.25) is 4.79 Å². The fourth-order valence-corrected chi connectivity index (χ4v) is 2.25. The van der Waals surface area contributed by atoms with Crippen LogP contribution >= 0.6 is 15.9 Å². The molecule has 0 aliphatic heterocycles. The molecule has 0 bridgehead atoms. The number of rotatable bonds is 2. The standard InChI is InChI=1S/C15H19BrF3NO/c1-9(14(2,3)4)20(5)13(21)11-7-6-10(16)8-12(11)15(17,18)19/h6-9H,1-5H3. The molecule has 1 rings (SSSR count). The number of amides is 1. The summed E-state index contributed by atoms with van der Waals surface area (Å²) in [4.78, 5) is 13.8. The molecule has 21 heavy (non-hydrogen) atoms. The zero-order valence-corrected chi connectivity index (χ0v) is 14.3. The molecule has 2 nitrogen and oxygen atoms in total. The molecule has 1 atom stereocenters. The normalized spacial score (nSPS) is 14.0. The van der Waals surface area contributed by atoms with Crippen LogP contribution in [-0.2, 0) is 6.18 Å². The molecule has 1 amide bonds. The van der Waals surface area contributed by atoms with Gasteiger partial charge in [-0.15, -0.1) is 0 Å². The molecule has 0 aliphatic rings. The van der Waals surface area contributed by atoms with Crippen LogP contribution < -0.4 is 0 Å². The Balaban J connectivity index is 3.25. The van der Waals surface area contributed by atoms with Gasteiger partial charge >= 0.3 is 6.18 Å². The highest BCUT2D eigenvalue weighted by Gasteiger charge is 2.37. The van der Waals surface area contributed by atoms with Gasteiger partial charge in [0.25, 0.3) is 5.91 Å². The van der Waals surface area contributed by atoms with E-state index in [9.17, 15) is 18.0 Å². The van der Waals surface area contributed by atoms with Crippen LogP contribution in [0.1, 0.15) is 43.6 Å². The van der Waals surface area contributed by atoms with Crippen molar-refractivity contribution in [2.45, 2.75) is 39.9 Å². The Morgan fingerprint density at radius 3 is 2.19 bits per heavy atom. The van der Waals surface area contributed by atoms with Crippen LogP contribution in [-0.4, -0.2) is 23.9 Å². The summed E-state index contributed by atoms with van der Waals surface area (Å²) in [5.41, 5.74) is -1.47. The molecule has 6 heteroatoms. The van der Waals surface area contributed by atoms with Crippen molar-refractivity contribution >= 4 is 21.8 Å². The van der Waals surface area contributed by atoms with E-state index in [1.165, 1.54) is 24.1 Å². The summed E-state index contributed by atoms with van der Waals surface area (Å²) in [5.74, 6) is -0.628. The van der Waals surface area contributed by atoms with Crippen LogP contribution in [0.5, 0.6) is 0 Å². The number of carbonyl (C=O) groups excluding carboxylic acids is 1. The van der Waals surface area contributed by atoms with Gasteiger partial charge in [0.05, 0.1) is 11.1 Å². The van der Waals surface area contributed by atoms with E-state index in [4.69, 9.17) is 0 Å². The summed E-state index contributed by atoms with van der Waals surface area (Å²) < 4.78 is 39.6. The van der Waals surface area contributed by atoms with E-state index in [0.717, 1.165) is 6.07 Å². The summed E-state index contributed by atoms with van der Waals surface area (Å²) in [7, 11) is 1.53. The molecule has 0 N–H and O–H groups in total. The second-order valence-corrected chi connectivity index (χ2v) is 7.06. The Hall–Kier alpha value is -1.04. The zero-order chi connectivity index (χ0) is 16.6. The van der Waals surface area contributed by atoms with Crippen LogP contribution in [0.4, 0.5) is 13.2 Å². The Morgan fingerprint density at radius 2 is 1.76 bits per heavy atom. The molecule has 0 saturated carbocycles. The lowest BCUT2D eigenvalue weighted by Gasteiger charge is -2.35. The van der Waals surface area contributed by atoms with Crippen molar-refractivity contribution in [2.75, 3.05) is 7.05 Å². The van der Waals surface area contributed by atoms with Crippen molar-refractivity contribution in [1.29, 1.82) is 0 Å². The lowest BCUT2D eigenvalue weighted by atomic mass is 9.86. The van der Waals surface area contributed by atoms with E-state index < -0.39 is 17.6 Å². The van der Waals surface area contributed by atoms with Crippen molar-refractivity contribution in [2.24, 2.45) is 5.41 Å². The van der Waals surface area contributed by atoms with Gasteiger partial charge in [-0.25, -0.2) is 0 Å². The summed E-state index contributed by atoms with van der Waals surface area (Å²) in [6.07, 6.45) is -4.57. The number of hydrogen-bond acceptors (Lipinski definition) is 1. The Bertz CT molecular complexity index is 535. The fraction of sp³-hybridized carbons (Fsp3) is 0.533. The molecule has 0 aromatic heterocycles. The van der Waals surface area contributed by atoms with Crippen LogP contribution in [0.2, 0.25) is 0 Å². The second kappa shape index (κ2) is 5.99. The third-order valence-electron chi connectivity index (χ3n) is 3.67. The van der Waals surface area contributed by atoms with E-state index in [0.29, 0.717) is 0 Å². The Kier molecular flexibility index (Phi) is 5.13. The Labute approximate surface area is 131 Å². The molecule has 1 unspecified atom stereocenters. The molecule has 0 radical (unpaired) electrons. The second-order valence-electron chi connectivity index (χ2n) is 6.15. The van der Waals surface area contributed by atoms with Gasteiger partial charge in [-0.1, -0.05) is 36.7 Å². The zero-order valence-electron chi connectivity index (χ0n) is 12.7. The van der Waals surface area contributed by atoms with Gasteiger partial charge in [0, 0.05) is 17.6 Å². The first-order valence-electron chi connectivity index (χ1n) is 6.49. The van der Waals surface area contributed by atoms with Crippen molar-refractivity contribution in [1.82, 2.24) is 4.90 Å². The SMILES string of the molecule is CC(N(C)C(=O)c1ccc(Br)cc1C(F)(F)F)C(C)(C)C. The Morgan fingerprint density at radius 1 is 1.24 bits per heavy atom. The van der Waals surface area contributed by atoms with Gasteiger partial charge in [-0.05, 0) is 30.5 Å². The number of hydrogen-bond donors (Lipinski definition) is 0. The lowest BCUT2D eigenvalue weighted by Crippen LogP contribution is -2.43. The molecular formula is C15H19BrF3NO. The van der Waals surface area contributed by atoms with Gasteiger partial charge < -0.3 is 4.90 Å². The third-order valence-corrected chi connectivity index (χ3v) is 4.17. The predicted octanol–water partition coefficient (Wildman–Crippen LogP) is 4.97. The minimum atomic E-state index is -4.57. The topological polar surface area (TPSA) is 20.3 Å². The monoisotopic (exact) mass is 365 g/mol. The smallest absolute Gasteiger partial charge is 0.338 e. The highest BCUT2D eigenvalue weighted by atomic mass is 79.9. The first kappa shape index (κ1) is 18.0. The summed E-state index contributed by atoms with van der Waals surface area (Å²) in [6.45, 7) is 7.64. The lowest BCUT2D eigenvalue weighted by molar-refractivity contribution is -0.138. The third kappa shape index (κ3) is 4.22. The molecule has 1 aromatic carbocycles.